The van der Waals surface area contributed by atoms with Crippen molar-refractivity contribution in [2.75, 3.05) is 24.3 Å². The Labute approximate surface area is 129 Å². The third-order valence-electron chi connectivity index (χ3n) is 3.02. The van der Waals surface area contributed by atoms with E-state index in [-0.39, 0.29) is 12.5 Å². The Morgan fingerprint density at radius 3 is 2.67 bits per heavy atom. The van der Waals surface area contributed by atoms with E-state index in [4.69, 9.17) is 16.3 Å². The standard InChI is InChI=1S/C16H17ClN2O2/c1-11-5-3-4-6-14(11)19-16(20)10-18-12-7-8-15(21-2)13(17)9-12/h3-9,18H,10H2,1-2H3,(H,19,20). The highest BCUT2D eigenvalue weighted by molar-refractivity contribution is 6.32. The number of halogens is 1. The number of carbonyl (C=O) groups is 1. The lowest BCUT2D eigenvalue weighted by Gasteiger charge is -2.10. The Bertz CT molecular complexity index is 644. The molecule has 2 aromatic carbocycles. The van der Waals surface area contributed by atoms with Gasteiger partial charge in [-0.3, -0.25) is 4.79 Å². The van der Waals surface area contributed by atoms with Gasteiger partial charge in [-0.15, -0.1) is 0 Å². The highest BCUT2D eigenvalue weighted by atomic mass is 35.5. The molecule has 0 fully saturated rings. The van der Waals surface area contributed by atoms with Crippen LogP contribution in [0.25, 0.3) is 0 Å². The summed E-state index contributed by atoms with van der Waals surface area (Å²) in [7, 11) is 1.56. The van der Waals surface area contributed by atoms with Crippen molar-refractivity contribution in [3.63, 3.8) is 0 Å². The molecule has 1 amide bonds. The van der Waals surface area contributed by atoms with Crippen molar-refractivity contribution in [3.05, 3.63) is 53.1 Å². The Morgan fingerprint density at radius 2 is 2.00 bits per heavy atom. The normalized spacial score (nSPS) is 10.0. The van der Waals surface area contributed by atoms with E-state index < -0.39 is 0 Å². The van der Waals surface area contributed by atoms with E-state index >= 15 is 0 Å². The maximum Gasteiger partial charge on any atom is 0.243 e. The van der Waals surface area contributed by atoms with Crippen LogP contribution >= 0.6 is 11.6 Å². The molecule has 2 aromatic rings. The topological polar surface area (TPSA) is 50.4 Å². The maximum absolute atomic E-state index is 11.9. The van der Waals surface area contributed by atoms with Crippen LogP contribution in [0.4, 0.5) is 11.4 Å². The van der Waals surface area contributed by atoms with Crippen LogP contribution in [0.3, 0.4) is 0 Å². The minimum Gasteiger partial charge on any atom is -0.495 e. The SMILES string of the molecule is COc1ccc(NCC(=O)Nc2ccccc2C)cc1Cl. The predicted molar refractivity (Wildman–Crippen MR) is 86.3 cm³/mol. The molecular weight excluding hydrogens is 288 g/mol. The molecule has 0 aliphatic heterocycles. The number of benzene rings is 2. The summed E-state index contributed by atoms with van der Waals surface area (Å²) in [6, 6.07) is 12.9. The molecule has 4 nitrogen and oxygen atoms in total. The lowest BCUT2D eigenvalue weighted by atomic mass is 10.2. The van der Waals surface area contributed by atoms with Gasteiger partial charge >= 0.3 is 0 Å². The van der Waals surface area contributed by atoms with Crippen molar-refractivity contribution in [2.45, 2.75) is 6.92 Å². The largest absolute Gasteiger partial charge is 0.495 e. The summed E-state index contributed by atoms with van der Waals surface area (Å²) in [4.78, 5) is 11.9. The van der Waals surface area contributed by atoms with E-state index in [0.717, 1.165) is 16.9 Å². The number of amides is 1. The fraction of sp³-hybridized carbons (Fsp3) is 0.188. The molecule has 0 atom stereocenters. The molecule has 21 heavy (non-hydrogen) atoms. The van der Waals surface area contributed by atoms with Crippen LogP contribution < -0.4 is 15.4 Å². The first-order valence-electron chi connectivity index (χ1n) is 6.53. The third kappa shape index (κ3) is 4.13. The molecular formula is C16H17ClN2O2. The number of ether oxygens (including phenoxy) is 1. The Hall–Kier alpha value is -2.20. The average Bonchev–Trinajstić information content (AvgIpc) is 2.48. The van der Waals surface area contributed by atoms with Gasteiger partial charge in [0.05, 0.1) is 18.7 Å². The van der Waals surface area contributed by atoms with E-state index in [1.165, 1.54) is 0 Å². The van der Waals surface area contributed by atoms with E-state index in [0.29, 0.717) is 10.8 Å². The first kappa shape index (κ1) is 15.2. The summed E-state index contributed by atoms with van der Waals surface area (Å²) < 4.78 is 5.08. The van der Waals surface area contributed by atoms with Gasteiger partial charge in [-0.1, -0.05) is 29.8 Å². The van der Waals surface area contributed by atoms with Crippen LogP contribution in [0.15, 0.2) is 42.5 Å². The fourth-order valence-corrected chi connectivity index (χ4v) is 2.12. The van der Waals surface area contributed by atoms with Gasteiger partial charge in [0.25, 0.3) is 0 Å². The van der Waals surface area contributed by atoms with Crippen molar-refractivity contribution in [1.82, 2.24) is 0 Å². The minimum atomic E-state index is -0.115. The van der Waals surface area contributed by atoms with Gasteiger partial charge in [0, 0.05) is 11.4 Å². The molecule has 2 rings (SSSR count). The number of methoxy groups -OCH3 is 1. The highest BCUT2D eigenvalue weighted by Gasteiger charge is 2.06. The second-order valence-electron chi connectivity index (χ2n) is 4.57. The summed E-state index contributed by atoms with van der Waals surface area (Å²) >= 11 is 6.03. The second kappa shape index (κ2) is 6.99. The molecule has 0 bridgehead atoms. The van der Waals surface area contributed by atoms with Crippen molar-refractivity contribution in [1.29, 1.82) is 0 Å². The van der Waals surface area contributed by atoms with Gasteiger partial charge in [0.2, 0.25) is 5.91 Å². The number of para-hydroxylation sites is 1. The molecule has 0 aromatic heterocycles. The van der Waals surface area contributed by atoms with E-state index in [2.05, 4.69) is 10.6 Å². The number of hydrogen-bond acceptors (Lipinski definition) is 3. The predicted octanol–water partition coefficient (Wildman–Crippen LogP) is 3.71. The first-order chi connectivity index (χ1) is 10.1. The molecule has 0 aliphatic rings. The van der Waals surface area contributed by atoms with Crippen molar-refractivity contribution < 1.29 is 9.53 Å². The molecule has 0 unspecified atom stereocenters. The zero-order chi connectivity index (χ0) is 15.2. The smallest absolute Gasteiger partial charge is 0.243 e. The lowest BCUT2D eigenvalue weighted by Crippen LogP contribution is -2.22. The molecule has 0 saturated heterocycles. The van der Waals surface area contributed by atoms with Crippen molar-refractivity contribution >= 4 is 28.9 Å². The number of carbonyl (C=O) groups excluding carboxylic acids is 1. The number of anilines is 2. The Balaban J connectivity index is 1.92. The second-order valence-corrected chi connectivity index (χ2v) is 4.97. The van der Waals surface area contributed by atoms with Crippen LogP contribution in [0.2, 0.25) is 5.02 Å². The number of aryl methyl sites for hydroxylation is 1. The summed E-state index contributed by atoms with van der Waals surface area (Å²) in [6.45, 7) is 2.11. The fourth-order valence-electron chi connectivity index (χ4n) is 1.87. The van der Waals surface area contributed by atoms with Gasteiger partial charge in [-0.25, -0.2) is 0 Å². The van der Waals surface area contributed by atoms with Gasteiger partial charge in [0.15, 0.2) is 0 Å². The number of nitrogens with one attached hydrogen (secondary N) is 2. The zero-order valence-corrected chi connectivity index (χ0v) is 12.7. The number of rotatable bonds is 5. The Morgan fingerprint density at radius 1 is 1.24 bits per heavy atom. The summed E-state index contributed by atoms with van der Waals surface area (Å²) in [5.74, 6) is 0.489. The van der Waals surface area contributed by atoms with Crippen LogP contribution in [-0.4, -0.2) is 19.6 Å². The van der Waals surface area contributed by atoms with Gasteiger partial charge in [-0.2, -0.15) is 0 Å². The van der Waals surface area contributed by atoms with E-state index in [1.807, 2.05) is 37.3 Å². The average molecular weight is 305 g/mol. The molecule has 5 heteroatoms. The molecule has 0 radical (unpaired) electrons. The van der Waals surface area contributed by atoms with Crippen LogP contribution in [0.5, 0.6) is 5.75 Å². The van der Waals surface area contributed by atoms with Gasteiger partial charge < -0.3 is 15.4 Å². The third-order valence-corrected chi connectivity index (χ3v) is 3.32. The van der Waals surface area contributed by atoms with E-state index in [9.17, 15) is 4.79 Å². The lowest BCUT2D eigenvalue weighted by molar-refractivity contribution is -0.114. The molecule has 2 N–H and O–H groups in total. The molecule has 0 aliphatic carbocycles. The molecule has 110 valence electrons. The van der Waals surface area contributed by atoms with Crippen molar-refractivity contribution in [3.8, 4) is 5.75 Å². The first-order valence-corrected chi connectivity index (χ1v) is 6.91. The molecule has 0 heterocycles. The monoisotopic (exact) mass is 304 g/mol. The summed E-state index contributed by atoms with van der Waals surface area (Å²) in [5, 5.41) is 6.38. The number of hydrogen-bond donors (Lipinski definition) is 2. The summed E-state index contributed by atoms with van der Waals surface area (Å²) in [5.41, 5.74) is 2.61. The minimum absolute atomic E-state index is 0.115. The van der Waals surface area contributed by atoms with Gasteiger partial charge in [0.1, 0.15) is 5.75 Å². The maximum atomic E-state index is 11.9. The quantitative estimate of drug-likeness (QED) is 0.885. The summed E-state index contributed by atoms with van der Waals surface area (Å²) in [6.07, 6.45) is 0. The van der Waals surface area contributed by atoms with Crippen LogP contribution in [-0.2, 0) is 4.79 Å². The van der Waals surface area contributed by atoms with E-state index in [1.54, 1.807) is 19.2 Å². The molecule has 0 spiro atoms. The molecule has 0 saturated carbocycles. The van der Waals surface area contributed by atoms with Crippen LogP contribution in [0, 0.1) is 6.92 Å². The van der Waals surface area contributed by atoms with Crippen LogP contribution in [0.1, 0.15) is 5.56 Å². The Kier molecular flexibility index (Phi) is 5.06. The van der Waals surface area contributed by atoms with Gasteiger partial charge in [-0.05, 0) is 36.8 Å². The zero-order valence-electron chi connectivity index (χ0n) is 11.9. The van der Waals surface area contributed by atoms with Crippen molar-refractivity contribution in [2.24, 2.45) is 0 Å². The highest BCUT2D eigenvalue weighted by Crippen LogP contribution is 2.27.